The fourth-order valence-corrected chi connectivity index (χ4v) is 1.69. The number of thiazole rings is 1. The molecule has 9 heteroatoms. The zero-order valence-electron chi connectivity index (χ0n) is 9.34. The SMILES string of the molecule is CC(=O)Nc1nc(C(=O)NCC(O)C(=O)O)cs1. The number of rotatable bonds is 5. The Morgan fingerprint density at radius 3 is 2.72 bits per heavy atom. The highest BCUT2D eigenvalue weighted by molar-refractivity contribution is 7.14. The fraction of sp³-hybridized carbons (Fsp3) is 0.333. The van der Waals surface area contributed by atoms with Crippen LogP contribution in [0.25, 0.3) is 0 Å². The van der Waals surface area contributed by atoms with E-state index < -0.39 is 24.5 Å². The number of nitrogens with one attached hydrogen (secondary N) is 2. The molecule has 0 aromatic carbocycles. The summed E-state index contributed by atoms with van der Waals surface area (Å²) in [7, 11) is 0. The van der Waals surface area contributed by atoms with Crippen LogP contribution in [0, 0.1) is 0 Å². The average Bonchev–Trinajstić information content (AvgIpc) is 2.72. The van der Waals surface area contributed by atoms with Crippen LogP contribution < -0.4 is 10.6 Å². The summed E-state index contributed by atoms with van der Waals surface area (Å²) in [5.41, 5.74) is 0.0429. The number of hydrogen-bond acceptors (Lipinski definition) is 6. The number of amides is 2. The molecule has 0 aliphatic heterocycles. The molecule has 4 N–H and O–H groups in total. The van der Waals surface area contributed by atoms with Gasteiger partial charge in [-0.25, -0.2) is 9.78 Å². The van der Waals surface area contributed by atoms with E-state index in [9.17, 15) is 14.4 Å². The largest absolute Gasteiger partial charge is 0.479 e. The van der Waals surface area contributed by atoms with Crippen molar-refractivity contribution in [3.05, 3.63) is 11.1 Å². The molecule has 18 heavy (non-hydrogen) atoms. The van der Waals surface area contributed by atoms with Gasteiger partial charge in [-0.2, -0.15) is 0 Å². The average molecular weight is 273 g/mol. The van der Waals surface area contributed by atoms with E-state index >= 15 is 0 Å². The third-order valence-corrected chi connectivity index (χ3v) is 2.52. The Hall–Kier alpha value is -2.00. The Kier molecular flexibility index (Phi) is 4.75. The quantitative estimate of drug-likeness (QED) is 0.560. The van der Waals surface area contributed by atoms with Crippen LogP contribution in [-0.2, 0) is 9.59 Å². The van der Waals surface area contributed by atoms with Gasteiger partial charge in [-0.15, -0.1) is 11.3 Å². The van der Waals surface area contributed by atoms with Crippen molar-refractivity contribution in [1.82, 2.24) is 10.3 Å². The van der Waals surface area contributed by atoms with Gasteiger partial charge in [0.05, 0.1) is 6.54 Å². The summed E-state index contributed by atoms with van der Waals surface area (Å²) < 4.78 is 0. The van der Waals surface area contributed by atoms with Gasteiger partial charge in [-0.3, -0.25) is 9.59 Å². The second-order valence-electron chi connectivity index (χ2n) is 3.28. The van der Waals surface area contributed by atoms with E-state index in [0.29, 0.717) is 0 Å². The number of hydrogen-bond donors (Lipinski definition) is 4. The van der Waals surface area contributed by atoms with Crippen molar-refractivity contribution in [3.63, 3.8) is 0 Å². The van der Waals surface area contributed by atoms with Crippen LogP contribution in [0.4, 0.5) is 5.13 Å². The summed E-state index contributed by atoms with van der Waals surface area (Å²) in [4.78, 5) is 36.4. The van der Waals surface area contributed by atoms with Gasteiger partial charge in [-0.05, 0) is 0 Å². The molecule has 0 spiro atoms. The summed E-state index contributed by atoms with van der Waals surface area (Å²) in [5, 5.41) is 23.7. The maximum atomic E-state index is 11.5. The lowest BCUT2D eigenvalue weighted by molar-refractivity contribution is -0.146. The number of carboxylic acids is 1. The summed E-state index contributed by atoms with van der Waals surface area (Å²) in [6, 6.07) is 0. The molecule has 0 aliphatic carbocycles. The van der Waals surface area contributed by atoms with Crippen LogP contribution in [0.3, 0.4) is 0 Å². The molecule has 1 heterocycles. The maximum absolute atomic E-state index is 11.5. The minimum Gasteiger partial charge on any atom is -0.479 e. The van der Waals surface area contributed by atoms with Crippen LogP contribution in [0.15, 0.2) is 5.38 Å². The molecule has 1 atom stereocenters. The van der Waals surface area contributed by atoms with E-state index in [4.69, 9.17) is 10.2 Å². The van der Waals surface area contributed by atoms with Crippen molar-refractivity contribution in [3.8, 4) is 0 Å². The highest BCUT2D eigenvalue weighted by Gasteiger charge is 2.16. The lowest BCUT2D eigenvalue weighted by atomic mass is 10.3. The van der Waals surface area contributed by atoms with E-state index in [-0.39, 0.29) is 16.7 Å². The number of aliphatic carboxylic acids is 1. The van der Waals surface area contributed by atoms with Gasteiger partial charge in [0.25, 0.3) is 5.91 Å². The van der Waals surface area contributed by atoms with E-state index in [1.165, 1.54) is 12.3 Å². The first-order valence-electron chi connectivity index (χ1n) is 4.82. The molecule has 0 saturated heterocycles. The second kappa shape index (κ2) is 6.07. The minimum atomic E-state index is -1.66. The third kappa shape index (κ3) is 4.11. The molecule has 2 amide bonds. The van der Waals surface area contributed by atoms with Crippen LogP contribution in [0.2, 0.25) is 0 Å². The minimum absolute atomic E-state index is 0.0429. The summed E-state index contributed by atoms with van der Waals surface area (Å²) >= 11 is 1.06. The Bertz CT molecular complexity index is 473. The number of carbonyl (C=O) groups excluding carboxylic acids is 2. The molecule has 98 valence electrons. The molecule has 0 radical (unpaired) electrons. The van der Waals surface area contributed by atoms with Crippen molar-refractivity contribution in [2.45, 2.75) is 13.0 Å². The molecule has 1 aromatic heterocycles. The molecule has 0 fully saturated rings. The van der Waals surface area contributed by atoms with Crippen molar-refractivity contribution >= 4 is 34.3 Å². The summed E-state index contributed by atoms with van der Waals surface area (Å²) in [5.74, 6) is -2.35. The molecule has 1 unspecified atom stereocenters. The first kappa shape index (κ1) is 14.1. The molecular formula is C9H11N3O5S. The molecular weight excluding hydrogens is 262 g/mol. The van der Waals surface area contributed by atoms with Crippen LogP contribution in [0.1, 0.15) is 17.4 Å². The second-order valence-corrected chi connectivity index (χ2v) is 4.14. The standard InChI is InChI=1S/C9H11N3O5S/c1-4(13)11-9-12-5(3-18-9)7(15)10-2-6(14)8(16)17/h3,6,14H,2H2,1H3,(H,10,15)(H,16,17)(H,11,12,13). The summed E-state index contributed by atoms with van der Waals surface area (Å²) in [6.07, 6.45) is -1.66. The van der Waals surface area contributed by atoms with Crippen molar-refractivity contribution in [2.24, 2.45) is 0 Å². The van der Waals surface area contributed by atoms with E-state index in [2.05, 4.69) is 15.6 Å². The fourth-order valence-electron chi connectivity index (χ4n) is 0.953. The van der Waals surface area contributed by atoms with Gasteiger partial charge in [-0.1, -0.05) is 0 Å². The number of aromatic nitrogens is 1. The maximum Gasteiger partial charge on any atom is 0.334 e. The lowest BCUT2D eigenvalue weighted by Crippen LogP contribution is -2.36. The molecule has 1 aromatic rings. The van der Waals surface area contributed by atoms with Crippen LogP contribution >= 0.6 is 11.3 Å². The van der Waals surface area contributed by atoms with Crippen LogP contribution in [0.5, 0.6) is 0 Å². The highest BCUT2D eigenvalue weighted by Crippen LogP contribution is 2.14. The van der Waals surface area contributed by atoms with Gasteiger partial charge >= 0.3 is 5.97 Å². The Labute approximate surface area is 106 Å². The number of aliphatic hydroxyl groups is 1. The number of nitrogens with zero attached hydrogens (tertiary/aromatic N) is 1. The normalized spacial score (nSPS) is 11.7. The molecule has 0 aliphatic rings. The molecule has 1 rings (SSSR count). The molecule has 0 bridgehead atoms. The monoisotopic (exact) mass is 273 g/mol. The third-order valence-electron chi connectivity index (χ3n) is 1.76. The zero-order chi connectivity index (χ0) is 13.7. The zero-order valence-corrected chi connectivity index (χ0v) is 10.2. The van der Waals surface area contributed by atoms with Crippen molar-refractivity contribution in [2.75, 3.05) is 11.9 Å². The number of carboxylic acid groups (broad SMARTS) is 1. The van der Waals surface area contributed by atoms with Crippen molar-refractivity contribution in [1.29, 1.82) is 0 Å². The molecule has 8 nitrogen and oxygen atoms in total. The van der Waals surface area contributed by atoms with Gasteiger partial charge < -0.3 is 20.8 Å². The Balaban J connectivity index is 2.54. The predicted octanol–water partition coefficient (Wildman–Crippen LogP) is -0.723. The smallest absolute Gasteiger partial charge is 0.334 e. The first-order valence-corrected chi connectivity index (χ1v) is 5.70. The van der Waals surface area contributed by atoms with E-state index in [1.54, 1.807) is 0 Å². The topological polar surface area (TPSA) is 129 Å². The first-order chi connectivity index (χ1) is 8.40. The number of carbonyl (C=O) groups is 3. The number of aliphatic hydroxyl groups excluding tert-OH is 1. The number of anilines is 1. The van der Waals surface area contributed by atoms with Gasteiger partial charge in [0, 0.05) is 12.3 Å². The Morgan fingerprint density at radius 2 is 2.17 bits per heavy atom. The van der Waals surface area contributed by atoms with Gasteiger partial charge in [0.2, 0.25) is 5.91 Å². The summed E-state index contributed by atoms with van der Waals surface area (Å²) in [6.45, 7) is 0.894. The van der Waals surface area contributed by atoms with Gasteiger partial charge in [0.15, 0.2) is 11.2 Å². The predicted molar refractivity (Wildman–Crippen MR) is 62.4 cm³/mol. The Morgan fingerprint density at radius 1 is 1.50 bits per heavy atom. The van der Waals surface area contributed by atoms with E-state index in [0.717, 1.165) is 11.3 Å². The molecule has 0 saturated carbocycles. The van der Waals surface area contributed by atoms with E-state index in [1.807, 2.05) is 0 Å². The van der Waals surface area contributed by atoms with Gasteiger partial charge in [0.1, 0.15) is 5.69 Å². The highest BCUT2D eigenvalue weighted by atomic mass is 32.1. The lowest BCUT2D eigenvalue weighted by Gasteiger charge is -2.05. The van der Waals surface area contributed by atoms with Crippen molar-refractivity contribution < 1.29 is 24.6 Å². The van der Waals surface area contributed by atoms with Crippen LogP contribution in [-0.4, -0.2) is 45.6 Å².